The predicted molar refractivity (Wildman–Crippen MR) is 120 cm³/mol. The molecule has 0 amide bonds. The van der Waals surface area contributed by atoms with Gasteiger partial charge in [0, 0.05) is 38.9 Å². The number of methoxy groups -OCH3 is 1. The fourth-order valence-electron chi connectivity index (χ4n) is 3.54. The lowest BCUT2D eigenvalue weighted by Gasteiger charge is -2.30. The lowest BCUT2D eigenvalue weighted by Crippen LogP contribution is -2.40. The van der Waals surface area contributed by atoms with Crippen LogP contribution < -0.4 is 15.2 Å². The summed E-state index contributed by atoms with van der Waals surface area (Å²) < 4.78 is 16.1. The molecule has 2 N–H and O–H groups in total. The highest BCUT2D eigenvalue weighted by Crippen LogP contribution is 2.19. The average molecular weight is 444 g/mol. The number of benzene rings is 1. The van der Waals surface area contributed by atoms with Gasteiger partial charge in [-0.25, -0.2) is 5.43 Å². The highest BCUT2D eigenvalue weighted by Gasteiger charge is 2.20. The van der Waals surface area contributed by atoms with Crippen molar-refractivity contribution in [2.24, 2.45) is 5.10 Å². The monoisotopic (exact) mass is 443 g/mol. The van der Waals surface area contributed by atoms with Crippen LogP contribution in [-0.2, 0) is 27.4 Å². The minimum Gasteiger partial charge on any atom is -0.392 e. The Morgan fingerprint density at radius 2 is 1.66 bits per heavy atom. The second kappa shape index (κ2) is 11.1. The Bertz CT molecular complexity index is 879. The first-order valence-electron chi connectivity index (χ1n) is 10.7. The Labute approximate surface area is 187 Å². The molecule has 0 spiro atoms. The van der Waals surface area contributed by atoms with Gasteiger partial charge in [-0.3, -0.25) is 0 Å². The number of hydrazone groups is 1. The summed E-state index contributed by atoms with van der Waals surface area (Å²) in [5.41, 5.74) is 5.50. The van der Waals surface area contributed by atoms with E-state index >= 15 is 0 Å². The molecule has 0 unspecified atom stereocenters. The van der Waals surface area contributed by atoms with Gasteiger partial charge in [-0.2, -0.15) is 20.1 Å². The second-order valence-electron chi connectivity index (χ2n) is 7.45. The van der Waals surface area contributed by atoms with Crippen LogP contribution in [0.2, 0.25) is 0 Å². The Morgan fingerprint density at radius 1 is 1.03 bits per heavy atom. The van der Waals surface area contributed by atoms with E-state index in [9.17, 15) is 5.11 Å². The third-order valence-corrected chi connectivity index (χ3v) is 5.26. The molecule has 2 aliphatic rings. The summed E-state index contributed by atoms with van der Waals surface area (Å²) in [6.45, 7) is 5.86. The van der Waals surface area contributed by atoms with Crippen molar-refractivity contribution in [3.63, 3.8) is 0 Å². The standard InChI is InChI=1S/C21H29N7O4/c1-30-15-16-2-3-17(14-29)18(12-16)13-22-26-19-23-20(27-4-8-31-9-5-27)25-21(24-19)28-6-10-32-11-7-28/h2-3,12-13,29H,4-11,14-15H2,1H3,(H,23,24,25,26)/b22-13+. The molecule has 2 aromatic rings. The number of hydrogen-bond acceptors (Lipinski definition) is 11. The van der Waals surface area contributed by atoms with Gasteiger partial charge in [0.2, 0.25) is 17.8 Å². The van der Waals surface area contributed by atoms with Crippen molar-refractivity contribution < 1.29 is 19.3 Å². The van der Waals surface area contributed by atoms with Crippen LogP contribution >= 0.6 is 0 Å². The van der Waals surface area contributed by atoms with Crippen molar-refractivity contribution in [1.29, 1.82) is 0 Å². The van der Waals surface area contributed by atoms with Crippen molar-refractivity contribution in [3.05, 3.63) is 34.9 Å². The zero-order valence-electron chi connectivity index (χ0n) is 18.2. The van der Waals surface area contributed by atoms with E-state index in [2.05, 4.69) is 35.3 Å². The van der Waals surface area contributed by atoms with E-state index in [-0.39, 0.29) is 6.61 Å². The first-order chi connectivity index (χ1) is 15.8. The summed E-state index contributed by atoms with van der Waals surface area (Å²) in [5, 5.41) is 14.0. The molecule has 32 heavy (non-hydrogen) atoms. The Balaban J connectivity index is 1.56. The number of aliphatic hydroxyl groups excluding tert-OH is 1. The van der Waals surface area contributed by atoms with Crippen LogP contribution in [-0.4, -0.2) is 86.0 Å². The van der Waals surface area contributed by atoms with Crippen LogP contribution in [0, 0.1) is 0 Å². The van der Waals surface area contributed by atoms with Crippen molar-refractivity contribution in [2.45, 2.75) is 13.2 Å². The number of nitrogens with one attached hydrogen (secondary N) is 1. The number of hydrogen-bond donors (Lipinski definition) is 2. The quantitative estimate of drug-likeness (QED) is 0.444. The zero-order chi connectivity index (χ0) is 22.2. The first kappa shape index (κ1) is 22.3. The largest absolute Gasteiger partial charge is 0.392 e. The summed E-state index contributed by atoms with van der Waals surface area (Å²) in [6.07, 6.45) is 1.65. The SMILES string of the molecule is COCc1ccc(CO)c(/C=N/Nc2nc(N3CCOCC3)nc(N3CCOCC3)n2)c1. The number of aromatic nitrogens is 3. The van der Waals surface area contributed by atoms with Crippen LogP contribution in [0.1, 0.15) is 16.7 Å². The smallest absolute Gasteiger partial charge is 0.250 e. The highest BCUT2D eigenvalue weighted by atomic mass is 16.5. The second-order valence-corrected chi connectivity index (χ2v) is 7.45. The van der Waals surface area contributed by atoms with Gasteiger partial charge in [-0.1, -0.05) is 12.1 Å². The molecule has 2 fully saturated rings. The summed E-state index contributed by atoms with van der Waals surface area (Å²) in [4.78, 5) is 18.0. The van der Waals surface area contributed by atoms with Crippen molar-refractivity contribution in [1.82, 2.24) is 15.0 Å². The molecule has 1 aromatic heterocycles. The lowest BCUT2D eigenvalue weighted by atomic mass is 10.1. The van der Waals surface area contributed by atoms with Crippen LogP contribution in [0.25, 0.3) is 0 Å². The maximum absolute atomic E-state index is 9.64. The van der Waals surface area contributed by atoms with E-state index in [0.717, 1.165) is 42.9 Å². The minimum absolute atomic E-state index is 0.0806. The predicted octanol–water partition coefficient (Wildman–Crippen LogP) is 0.630. The Kier molecular flexibility index (Phi) is 7.77. The van der Waals surface area contributed by atoms with E-state index in [4.69, 9.17) is 14.2 Å². The van der Waals surface area contributed by atoms with Gasteiger partial charge in [-0.15, -0.1) is 0 Å². The molecule has 0 aliphatic carbocycles. The van der Waals surface area contributed by atoms with Crippen LogP contribution in [0.5, 0.6) is 0 Å². The van der Waals surface area contributed by atoms with Gasteiger partial charge < -0.3 is 29.1 Å². The van der Waals surface area contributed by atoms with Gasteiger partial charge in [0.05, 0.1) is 45.9 Å². The van der Waals surface area contributed by atoms with Crippen LogP contribution in [0.3, 0.4) is 0 Å². The van der Waals surface area contributed by atoms with Gasteiger partial charge in [-0.05, 0) is 17.2 Å². The number of aliphatic hydroxyl groups is 1. The van der Waals surface area contributed by atoms with Crippen molar-refractivity contribution in [3.8, 4) is 0 Å². The summed E-state index contributed by atoms with van der Waals surface area (Å²) in [6, 6.07) is 5.73. The molecule has 0 bridgehead atoms. The normalized spacial score (nSPS) is 17.2. The highest BCUT2D eigenvalue weighted by molar-refractivity contribution is 5.82. The molecule has 0 radical (unpaired) electrons. The topological polar surface area (TPSA) is 117 Å². The molecule has 11 heteroatoms. The minimum atomic E-state index is -0.0806. The Hall–Kier alpha value is -2.86. The van der Waals surface area contributed by atoms with E-state index in [1.165, 1.54) is 0 Å². The maximum atomic E-state index is 9.64. The maximum Gasteiger partial charge on any atom is 0.250 e. The number of morpholine rings is 2. The number of rotatable bonds is 8. The lowest BCUT2D eigenvalue weighted by molar-refractivity contribution is 0.121. The third-order valence-electron chi connectivity index (χ3n) is 5.26. The van der Waals surface area contributed by atoms with E-state index in [1.807, 2.05) is 18.2 Å². The fraction of sp³-hybridized carbons (Fsp3) is 0.524. The zero-order valence-corrected chi connectivity index (χ0v) is 18.2. The molecule has 3 heterocycles. The summed E-state index contributed by atoms with van der Waals surface area (Å²) in [5.74, 6) is 1.55. The van der Waals surface area contributed by atoms with Gasteiger partial charge >= 0.3 is 0 Å². The molecule has 11 nitrogen and oxygen atoms in total. The van der Waals surface area contributed by atoms with Crippen LogP contribution in [0.15, 0.2) is 23.3 Å². The Morgan fingerprint density at radius 3 is 2.22 bits per heavy atom. The number of nitrogens with zero attached hydrogens (tertiary/aromatic N) is 6. The average Bonchev–Trinajstić information content (AvgIpc) is 2.85. The molecule has 4 rings (SSSR count). The van der Waals surface area contributed by atoms with Crippen LogP contribution in [0.4, 0.5) is 17.8 Å². The van der Waals surface area contributed by atoms with E-state index < -0.39 is 0 Å². The van der Waals surface area contributed by atoms with Gasteiger partial charge in [0.1, 0.15) is 0 Å². The van der Waals surface area contributed by atoms with Crippen molar-refractivity contribution in [2.75, 3.05) is 74.9 Å². The molecular formula is C21H29N7O4. The van der Waals surface area contributed by atoms with Gasteiger partial charge in [0.15, 0.2) is 0 Å². The molecule has 2 saturated heterocycles. The molecule has 0 atom stereocenters. The number of anilines is 3. The van der Waals surface area contributed by atoms with Crippen molar-refractivity contribution >= 4 is 24.1 Å². The summed E-state index contributed by atoms with van der Waals surface area (Å²) in [7, 11) is 1.65. The molecule has 1 aromatic carbocycles. The summed E-state index contributed by atoms with van der Waals surface area (Å²) >= 11 is 0. The van der Waals surface area contributed by atoms with Gasteiger partial charge in [0.25, 0.3) is 0 Å². The molecule has 2 aliphatic heterocycles. The number of ether oxygens (including phenoxy) is 3. The molecule has 0 saturated carbocycles. The first-order valence-corrected chi connectivity index (χ1v) is 10.7. The molecule has 172 valence electrons. The molecular weight excluding hydrogens is 414 g/mol. The third kappa shape index (κ3) is 5.68. The van der Waals surface area contributed by atoms with E-state index in [1.54, 1.807) is 13.3 Å². The fourth-order valence-corrected chi connectivity index (χ4v) is 3.54. The van der Waals surface area contributed by atoms with E-state index in [0.29, 0.717) is 50.9 Å².